The Hall–Kier alpha value is -2.00. The standard InChI is InChI=1S/C10H12N4O/c1-7(13-14-11)9-4-3-5-10(6-9)12-8(2)15/h3-7H,1-2H3,(H,12,15)/t7-/m0/s1. The molecule has 5 heteroatoms. The fraction of sp³-hybridized carbons (Fsp3) is 0.300. The van der Waals surface area contributed by atoms with E-state index in [0.717, 1.165) is 5.56 Å². The number of hydrogen-bond donors (Lipinski definition) is 1. The van der Waals surface area contributed by atoms with Gasteiger partial charge in [0.2, 0.25) is 5.91 Å². The van der Waals surface area contributed by atoms with Crippen molar-refractivity contribution in [2.24, 2.45) is 5.11 Å². The summed E-state index contributed by atoms with van der Waals surface area (Å²) in [5, 5.41) is 6.25. The zero-order valence-electron chi connectivity index (χ0n) is 8.64. The third-order valence-corrected chi connectivity index (χ3v) is 1.91. The number of hydrogen-bond acceptors (Lipinski definition) is 2. The van der Waals surface area contributed by atoms with Crippen LogP contribution in [-0.4, -0.2) is 5.91 Å². The summed E-state index contributed by atoms with van der Waals surface area (Å²) < 4.78 is 0. The molecule has 78 valence electrons. The summed E-state index contributed by atoms with van der Waals surface area (Å²) in [4.78, 5) is 13.6. The van der Waals surface area contributed by atoms with Crippen LogP contribution in [0, 0.1) is 0 Å². The molecule has 15 heavy (non-hydrogen) atoms. The molecule has 1 aromatic carbocycles. The highest BCUT2D eigenvalue weighted by atomic mass is 16.1. The van der Waals surface area contributed by atoms with Gasteiger partial charge in [0.25, 0.3) is 0 Å². The zero-order chi connectivity index (χ0) is 11.3. The van der Waals surface area contributed by atoms with Gasteiger partial charge in [-0.2, -0.15) is 0 Å². The normalized spacial score (nSPS) is 11.3. The first-order chi connectivity index (χ1) is 7.13. The predicted octanol–water partition coefficient (Wildman–Crippen LogP) is 3.02. The van der Waals surface area contributed by atoms with Crippen LogP contribution in [0.5, 0.6) is 0 Å². The molecule has 1 amide bonds. The van der Waals surface area contributed by atoms with Crippen molar-refractivity contribution in [3.05, 3.63) is 40.3 Å². The molecular formula is C10H12N4O. The van der Waals surface area contributed by atoms with E-state index >= 15 is 0 Å². The second-order valence-electron chi connectivity index (χ2n) is 3.19. The van der Waals surface area contributed by atoms with E-state index in [9.17, 15) is 4.79 Å². The molecule has 0 bridgehead atoms. The fourth-order valence-electron chi connectivity index (χ4n) is 1.22. The van der Waals surface area contributed by atoms with Gasteiger partial charge in [0.05, 0.1) is 6.04 Å². The Kier molecular flexibility index (Phi) is 3.71. The lowest BCUT2D eigenvalue weighted by Crippen LogP contribution is -2.06. The monoisotopic (exact) mass is 204 g/mol. The van der Waals surface area contributed by atoms with Gasteiger partial charge in [0.1, 0.15) is 0 Å². The van der Waals surface area contributed by atoms with Crippen molar-refractivity contribution in [1.82, 2.24) is 0 Å². The highest BCUT2D eigenvalue weighted by Crippen LogP contribution is 2.20. The zero-order valence-corrected chi connectivity index (χ0v) is 8.64. The van der Waals surface area contributed by atoms with Crippen molar-refractivity contribution in [2.45, 2.75) is 19.9 Å². The Morgan fingerprint density at radius 2 is 2.33 bits per heavy atom. The molecule has 0 aliphatic carbocycles. The van der Waals surface area contributed by atoms with Crippen LogP contribution in [0.15, 0.2) is 29.4 Å². The molecule has 1 rings (SSSR count). The maximum absolute atomic E-state index is 10.8. The molecule has 0 heterocycles. The van der Waals surface area contributed by atoms with E-state index in [2.05, 4.69) is 15.3 Å². The summed E-state index contributed by atoms with van der Waals surface area (Å²) in [6.07, 6.45) is 0. The highest BCUT2D eigenvalue weighted by molar-refractivity contribution is 5.88. The van der Waals surface area contributed by atoms with Gasteiger partial charge in [0.15, 0.2) is 0 Å². The number of carbonyl (C=O) groups excluding carboxylic acids is 1. The van der Waals surface area contributed by atoms with Gasteiger partial charge in [-0.15, -0.1) is 0 Å². The number of rotatable bonds is 3. The minimum atomic E-state index is -0.233. The van der Waals surface area contributed by atoms with Gasteiger partial charge >= 0.3 is 0 Å². The van der Waals surface area contributed by atoms with E-state index in [4.69, 9.17) is 5.53 Å². The van der Waals surface area contributed by atoms with Crippen LogP contribution in [0.2, 0.25) is 0 Å². The van der Waals surface area contributed by atoms with Gasteiger partial charge in [-0.3, -0.25) is 4.79 Å². The average Bonchev–Trinajstić information content (AvgIpc) is 2.17. The molecule has 0 aliphatic heterocycles. The number of benzene rings is 1. The van der Waals surface area contributed by atoms with E-state index in [1.807, 2.05) is 12.1 Å². The minimum absolute atomic E-state index is 0.122. The van der Waals surface area contributed by atoms with Crippen molar-refractivity contribution in [3.63, 3.8) is 0 Å². The third kappa shape index (κ3) is 3.32. The lowest BCUT2D eigenvalue weighted by molar-refractivity contribution is -0.114. The first-order valence-corrected chi connectivity index (χ1v) is 4.55. The van der Waals surface area contributed by atoms with Gasteiger partial charge in [-0.05, 0) is 23.2 Å². The van der Waals surface area contributed by atoms with Gasteiger partial charge in [-0.1, -0.05) is 24.2 Å². The van der Waals surface area contributed by atoms with Crippen LogP contribution in [0.3, 0.4) is 0 Å². The number of anilines is 1. The number of nitrogens with zero attached hydrogens (tertiary/aromatic N) is 3. The molecule has 0 aromatic heterocycles. The second-order valence-corrected chi connectivity index (χ2v) is 3.19. The molecule has 1 aromatic rings. The van der Waals surface area contributed by atoms with Crippen molar-refractivity contribution in [2.75, 3.05) is 5.32 Å². The van der Waals surface area contributed by atoms with Crippen molar-refractivity contribution >= 4 is 11.6 Å². The molecule has 1 N–H and O–H groups in total. The van der Waals surface area contributed by atoms with E-state index in [0.29, 0.717) is 5.69 Å². The Bertz CT molecular complexity index is 410. The molecule has 0 saturated heterocycles. The molecule has 0 radical (unpaired) electrons. The van der Waals surface area contributed by atoms with Crippen LogP contribution in [0.4, 0.5) is 5.69 Å². The maximum atomic E-state index is 10.8. The Morgan fingerprint density at radius 3 is 2.93 bits per heavy atom. The smallest absolute Gasteiger partial charge is 0.221 e. The van der Waals surface area contributed by atoms with Crippen molar-refractivity contribution in [1.29, 1.82) is 0 Å². The molecule has 1 atom stereocenters. The molecule has 0 aliphatic rings. The second kappa shape index (κ2) is 5.02. The highest BCUT2D eigenvalue weighted by Gasteiger charge is 2.03. The fourth-order valence-corrected chi connectivity index (χ4v) is 1.22. The summed E-state index contributed by atoms with van der Waals surface area (Å²) in [6, 6.07) is 7.01. The molecule has 0 unspecified atom stereocenters. The Balaban J connectivity index is 2.91. The van der Waals surface area contributed by atoms with E-state index < -0.39 is 0 Å². The average molecular weight is 204 g/mol. The number of amides is 1. The number of carbonyl (C=O) groups is 1. The summed E-state index contributed by atoms with van der Waals surface area (Å²) in [6.45, 7) is 3.25. The SMILES string of the molecule is CC(=O)Nc1cccc([C@H](C)N=[N+]=[N-])c1. The van der Waals surface area contributed by atoms with E-state index in [1.165, 1.54) is 6.92 Å². The van der Waals surface area contributed by atoms with Crippen LogP contribution in [0.25, 0.3) is 10.4 Å². The van der Waals surface area contributed by atoms with Gasteiger partial charge < -0.3 is 5.32 Å². The topological polar surface area (TPSA) is 77.9 Å². The first kappa shape index (κ1) is 11.1. The minimum Gasteiger partial charge on any atom is -0.326 e. The van der Waals surface area contributed by atoms with Crippen LogP contribution in [-0.2, 0) is 4.79 Å². The summed E-state index contributed by atoms with van der Waals surface area (Å²) in [7, 11) is 0. The van der Waals surface area contributed by atoms with Crippen LogP contribution >= 0.6 is 0 Å². The quantitative estimate of drug-likeness (QED) is 0.458. The summed E-state index contributed by atoms with van der Waals surface area (Å²) in [5.74, 6) is -0.122. The lowest BCUT2D eigenvalue weighted by Gasteiger charge is -2.07. The van der Waals surface area contributed by atoms with Gasteiger partial charge in [-0.25, -0.2) is 0 Å². The number of nitrogens with one attached hydrogen (secondary N) is 1. The third-order valence-electron chi connectivity index (χ3n) is 1.91. The van der Waals surface area contributed by atoms with Crippen molar-refractivity contribution < 1.29 is 4.79 Å². The summed E-state index contributed by atoms with van der Waals surface area (Å²) >= 11 is 0. The first-order valence-electron chi connectivity index (χ1n) is 4.55. The summed E-state index contributed by atoms with van der Waals surface area (Å²) in [5.41, 5.74) is 9.88. The molecular weight excluding hydrogens is 192 g/mol. The van der Waals surface area contributed by atoms with E-state index in [-0.39, 0.29) is 11.9 Å². The molecule has 0 fully saturated rings. The van der Waals surface area contributed by atoms with E-state index in [1.54, 1.807) is 19.1 Å². The molecule has 0 saturated carbocycles. The lowest BCUT2D eigenvalue weighted by atomic mass is 10.1. The predicted molar refractivity (Wildman–Crippen MR) is 58.3 cm³/mol. The van der Waals surface area contributed by atoms with Crippen LogP contribution < -0.4 is 5.32 Å². The van der Waals surface area contributed by atoms with Crippen molar-refractivity contribution in [3.8, 4) is 0 Å². The molecule has 5 nitrogen and oxygen atoms in total. The maximum Gasteiger partial charge on any atom is 0.221 e. The largest absolute Gasteiger partial charge is 0.326 e. The van der Waals surface area contributed by atoms with Gasteiger partial charge in [0, 0.05) is 17.5 Å². The molecule has 0 spiro atoms. The number of azide groups is 1. The Morgan fingerprint density at radius 1 is 1.60 bits per heavy atom. The van der Waals surface area contributed by atoms with Crippen LogP contribution in [0.1, 0.15) is 25.5 Å². The Labute approximate surface area is 87.7 Å².